The zero-order valence-corrected chi connectivity index (χ0v) is 20.4. The molecule has 0 saturated carbocycles. The molecule has 26 nitrogen and oxygen atoms in total. The Morgan fingerprint density at radius 1 is 0.432 bits per heavy atom. The highest BCUT2D eigenvalue weighted by molar-refractivity contribution is 6.25. The molecule has 0 N–H and O–H groups in total. The van der Waals surface area contributed by atoms with E-state index in [1.165, 1.54) is 0 Å². The minimum atomic E-state index is -1.33. The fraction of sp³-hybridized carbons (Fsp3) is 0. The second kappa shape index (κ2) is 9.53. The first-order valence-corrected chi connectivity index (χ1v) is 10.9. The van der Waals surface area contributed by atoms with E-state index in [0.29, 0.717) is 24.3 Å². The van der Waals surface area contributed by atoms with Crippen molar-refractivity contribution in [2.75, 3.05) is 0 Å². The van der Waals surface area contributed by atoms with Crippen LogP contribution in [-0.4, -0.2) is 71.1 Å². The van der Waals surface area contributed by atoms with E-state index in [-0.39, 0.29) is 9.59 Å². The van der Waals surface area contributed by atoms with Gasteiger partial charge in [-0.1, -0.05) is 0 Å². The number of rotatable bonds is 8. The summed E-state index contributed by atoms with van der Waals surface area (Å²) >= 11 is 0. The van der Waals surface area contributed by atoms with Gasteiger partial charge in [0.15, 0.2) is 22.8 Å². The Morgan fingerprint density at radius 3 is 0.841 bits per heavy atom. The van der Waals surface area contributed by atoms with Crippen molar-refractivity contribution >= 4 is 45.7 Å². The molecule has 220 valence electrons. The largest absolute Gasteiger partial charge is 0.310 e. The summed E-state index contributed by atoms with van der Waals surface area (Å²) in [6.07, 6.45) is 0. The van der Waals surface area contributed by atoms with Gasteiger partial charge in [-0.05, 0) is 0 Å². The van der Waals surface area contributed by atoms with Crippen LogP contribution in [0.4, 0.5) is 34.1 Å². The summed E-state index contributed by atoms with van der Waals surface area (Å²) in [5.41, 5.74) is -12.9. The average molecular weight is 612 g/mol. The van der Waals surface area contributed by atoms with Crippen LogP contribution in [0.2, 0.25) is 0 Å². The number of hydrogen-bond donors (Lipinski definition) is 0. The number of non-ortho nitro benzene ring substituents is 2. The van der Waals surface area contributed by atoms with Gasteiger partial charge in [-0.15, -0.1) is 30.0 Å². The molecule has 0 spiro atoms. The first kappa shape index (κ1) is 28.0. The van der Waals surface area contributed by atoms with Gasteiger partial charge in [-0.25, -0.2) is 0 Å². The van der Waals surface area contributed by atoms with Crippen LogP contribution < -0.4 is 0 Å². The van der Waals surface area contributed by atoms with Crippen molar-refractivity contribution in [2.45, 2.75) is 0 Å². The number of nitro benzene ring substituents is 6. The molecule has 2 heterocycles. The zero-order valence-electron chi connectivity index (χ0n) is 20.4. The molecule has 0 unspecified atom stereocenters. The number of carbonyl (C=O) groups excluding carboxylic acids is 2. The van der Waals surface area contributed by atoms with Gasteiger partial charge in [-0.2, -0.15) is 0 Å². The highest BCUT2D eigenvalue weighted by Gasteiger charge is 2.43. The van der Waals surface area contributed by atoms with Crippen LogP contribution in [0.1, 0.15) is 32.4 Å². The second-order valence-corrected chi connectivity index (χ2v) is 8.24. The summed E-state index contributed by atoms with van der Waals surface area (Å²) in [4.78, 5) is 88.3. The number of benzene rings is 2. The lowest BCUT2D eigenvalue weighted by Crippen LogP contribution is -2.20. The number of ketones is 2. The predicted molar refractivity (Wildman–Crippen MR) is 130 cm³/mol. The van der Waals surface area contributed by atoms with Crippen LogP contribution >= 0.6 is 0 Å². The molecule has 0 bridgehead atoms. The van der Waals surface area contributed by atoms with Crippen molar-refractivity contribution in [3.63, 3.8) is 0 Å². The Balaban J connectivity index is 1.70. The Labute approximate surface area is 234 Å². The zero-order chi connectivity index (χ0) is 32.4. The van der Waals surface area contributed by atoms with Gasteiger partial charge in [-0.3, -0.25) is 70.3 Å². The molecule has 5 rings (SSSR count). The lowest BCUT2D eigenvalue weighted by atomic mass is 10.00. The monoisotopic (exact) mass is 612 g/mol. The van der Waals surface area contributed by atoms with E-state index >= 15 is 0 Å². The van der Waals surface area contributed by atoms with Crippen LogP contribution in [0.3, 0.4) is 0 Å². The van der Waals surface area contributed by atoms with E-state index in [0.717, 1.165) is 0 Å². The Bertz CT molecular complexity index is 1830. The molecule has 2 aromatic carbocycles. The third-order valence-electron chi connectivity index (χ3n) is 5.81. The van der Waals surface area contributed by atoms with Gasteiger partial charge < -0.3 is 0 Å². The van der Waals surface area contributed by atoms with E-state index < -0.39 is 109 Å². The molecule has 0 fully saturated rings. The van der Waals surface area contributed by atoms with Crippen molar-refractivity contribution in [1.82, 2.24) is 30.0 Å². The van der Waals surface area contributed by atoms with E-state index in [2.05, 4.69) is 20.4 Å². The molecule has 0 atom stereocenters. The Kier molecular flexibility index (Phi) is 6.07. The van der Waals surface area contributed by atoms with Gasteiger partial charge in [0.05, 0.1) is 53.8 Å². The maximum atomic E-state index is 13.2. The maximum Gasteiger partial charge on any atom is 0.310 e. The molecular formula is C18H4N12O14. The normalized spacial score (nSPS) is 11.9. The van der Waals surface area contributed by atoms with Gasteiger partial charge in [0.25, 0.3) is 11.4 Å². The van der Waals surface area contributed by atoms with Gasteiger partial charge >= 0.3 is 22.7 Å². The molecule has 0 aliphatic heterocycles. The first-order valence-electron chi connectivity index (χ1n) is 10.9. The van der Waals surface area contributed by atoms with Gasteiger partial charge in [0.1, 0.15) is 0 Å². The van der Waals surface area contributed by atoms with E-state index in [4.69, 9.17) is 0 Å². The number of nitrogens with zero attached hydrogens (tertiary/aromatic N) is 12. The molecule has 0 amide bonds. The molecule has 2 aromatic heterocycles. The summed E-state index contributed by atoms with van der Waals surface area (Å²) < 4.78 is 0. The fourth-order valence-electron chi connectivity index (χ4n) is 4.01. The SMILES string of the molecule is O=C1c2nn(-c3c([N+](=O)[O-])cc([N+](=O)[O-])cc3[N+](=O)[O-])nc2C(=O)c2nn(-c3c([N+](=O)[O-])cc([N+](=O)[O-])cc3[N+](=O)[O-])nc21. The first-order chi connectivity index (χ1) is 20.6. The molecule has 4 aromatic rings. The standard InChI is InChI=1S/C18H4N12O14/c31-17-11-12(20-23(19-11)15-7(27(37)38)1-5(25(33)34)2-8(15)28(39)40)18(32)14-13(17)21-24(22-14)16-9(29(41)42)3-6(26(35)36)4-10(16)30(43)44/h1-4H. The van der Waals surface area contributed by atoms with Crippen molar-refractivity contribution in [1.29, 1.82) is 0 Å². The number of fused-ring (bicyclic) bond motifs is 2. The number of aromatic nitrogens is 6. The van der Waals surface area contributed by atoms with Crippen molar-refractivity contribution in [3.8, 4) is 11.4 Å². The Morgan fingerprint density at radius 2 is 0.659 bits per heavy atom. The highest BCUT2D eigenvalue weighted by atomic mass is 16.6. The van der Waals surface area contributed by atoms with E-state index in [1.807, 2.05) is 0 Å². The quantitative estimate of drug-likeness (QED) is 0.174. The van der Waals surface area contributed by atoms with Crippen molar-refractivity contribution in [3.05, 3.63) is 108 Å². The van der Waals surface area contributed by atoms with Crippen LogP contribution in [0.15, 0.2) is 24.3 Å². The Hall–Kier alpha value is -7.54. The molecule has 0 radical (unpaired) electrons. The molecular weight excluding hydrogens is 608 g/mol. The van der Waals surface area contributed by atoms with Gasteiger partial charge in [0, 0.05) is 0 Å². The summed E-state index contributed by atoms with van der Waals surface area (Å²) in [6, 6.07) is 1.39. The third kappa shape index (κ3) is 4.15. The predicted octanol–water partition coefficient (Wildman–Crippen LogP) is 1.07. The fourth-order valence-corrected chi connectivity index (χ4v) is 4.01. The van der Waals surface area contributed by atoms with Gasteiger partial charge in [0.2, 0.25) is 22.9 Å². The summed E-state index contributed by atoms with van der Waals surface area (Å²) in [5.74, 6) is -2.65. The third-order valence-corrected chi connectivity index (χ3v) is 5.81. The summed E-state index contributed by atoms with van der Waals surface area (Å²) in [5, 5.41) is 83.3. The summed E-state index contributed by atoms with van der Waals surface area (Å²) in [6.45, 7) is 0. The molecule has 0 saturated heterocycles. The topological polar surface area (TPSA) is 354 Å². The average Bonchev–Trinajstić information content (AvgIpc) is 3.60. The van der Waals surface area contributed by atoms with E-state index in [1.54, 1.807) is 0 Å². The number of nitro groups is 6. The number of carbonyl (C=O) groups is 2. The smallest absolute Gasteiger partial charge is 0.285 e. The summed E-state index contributed by atoms with van der Waals surface area (Å²) in [7, 11) is 0. The maximum absolute atomic E-state index is 13.2. The second-order valence-electron chi connectivity index (χ2n) is 8.24. The van der Waals surface area contributed by atoms with E-state index in [9.17, 15) is 70.3 Å². The molecule has 44 heavy (non-hydrogen) atoms. The highest BCUT2D eigenvalue weighted by Crippen LogP contribution is 2.38. The van der Waals surface area contributed by atoms with Crippen LogP contribution in [0.5, 0.6) is 0 Å². The molecule has 1 aliphatic carbocycles. The van der Waals surface area contributed by atoms with Crippen LogP contribution in [0.25, 0.3) is 11.4 Å². The van der Waals surface area contributed by atoms with Crippen LogP contribution in [0, 0.1) is 60.7 Å². The lowest BCUT2D eigenvalue weighted by Gasteiger charge is -2.03. The molecule has 26 heteroatoms. The van der Waals surface area contributed by atoms with Crippen molar-refractivity contribution < 1.29 is 39.1 Å². The number of hydrogen-bond acceptors (Lipinski definition) is 18. The van der Waals surface area contributed by atoms with Crippen LogP contribution in [-0.2, 0) is 0 Å². The minimum Gasteiger partial charge on any atom is -0.285 e. The minimum absolute atomic E-state index is 0.145. The molecule has 1 aliphatic rings. The lowest BCUT2D eigenvalue weighted by molar-refractivity contribution is -0.403. The van der Waals surface area contributed by atoms with Crippen molar-refractivity contribution in [2.24, 2.45) is 0 Å².